The second kappa shape index (κ2) is 9.53. The molecule has 1 saturated heterocycles. The Bertz CT molecular complexity index is 1230. The van der Waals surface area contributed by atoms with Gasteiger partial charge in [-0.05, 0) is 56.0 Å². The third-order valence-electron chi connectivity index (χ3n) is 6.65. The van der Waals surface area contributed by atoms with Gasteiger partial charge >= 0.3 is 0 Å². The second-order valence-corrected chi connectivity index (χ2v) is 8.86. The van der Waals surface area contributed by atoms with Crippen LogP contribution in [-0.4, -0.2) is 40.6 Å². The molecule has 0 bridgehead atoms. The summed E-state index contributed by atoms with van der Waals surface area (Å²) < 4.78 is 0. The first kappa shape index (κ1) is 22.6. The van der Waals surface area contributed by atoms with Gasteiger partial charge in [0.2, 0.25) is 5.91 Å². The molecule has 0 aliphatic carbocycles. The SMILES string of the molecule is Cc1ccc(C(=O)CCC(=O)N2CCC(c3nc4ccccc4cc3C(N)=O)CC2)cc1C. The average Bonchev–Trinajstić information content (AvgIpc) is 2.83. The first-order valence-corrected chi connectivity index (χ1v) is 11.4. The van der Waals surface area contributed by atoms with Crippen molar-refractivity contribution in [3.63, 3.8) is 0 Å². The highest BCUT2D eigenvalue weighted by atomic mass is 16.2. The van der Waals surface area contributed by atoms with E-state index in [-0.39, 0.29) is 30.4 Å². The van der Waals surface area contributed by atoms with Crippen LogP contribution in [0.4, 0.5) is 0 Å². The number of pyridine rings is 1. The van der Waals surface area contributed by atoms with Crippen molar-refractivity contribution in [3.05, 3.63) is 76.5 Å². The minimum Gasteiger partial charge on any atom is -0.366 e. The Kier molecular flexibility index (Phi) is 6.54. The van der Waals surface area contributed by atoms with Gasteiger partial charge in [0.05, 0.1) is 16.8 Å². The maximum Gasteiger partial charge on any atom is 0.250 e. The lowest BCUT2D eigenvalue weighted by Gasteiger charge is -2.32. The van der Waals surface area contributed by atoms with Crippen molar-refractivity contribution in [2.24, 2.45) is 5.73 Å². The Hall–Kier alpha value is -3.54. The molecule has 6 nitrogen and oxygen atoms in total. The number of aryl methyl sites for hydroxylation is 2. The number of likely N-dealkylation sites (tertiary alicyclic amines) is 1. The van der Waals surface area contributed by atoms with E-state index in [9.17, 15) is 14.4 Å². The molecule has 170 valence electrons. The number of rotatable bonds is 6. The number of fused-ring (bicyclic) bond motifs is 1. The number of Topliss-reactive ketones (excluding diaryl/α,β-unsaturated/α-hetero) is 1. The molecule has 1 aliphatic heterocycles. The Labute approximate surface area is 193 Å². The fourth-order valence-electron chi connectivity index (χ4n) is 4.48. The molecule has 6 heteroatoms. The molecule has 33 heavy (non-hydrogen) atoms. The van der Waals surface area contributed by atoms with Crippen molar-refractivity contribution in [1.29, 1.82) is 0 Å². The highest BCUT2D eigenvalue weighted by Crippen LogP contribution is 2.31. The lowest BCUT2D eigenvalue weighted by molar-refractivity contribution is -0.132. The second-order valence-electron chi connectivity index (χ2n) is 8.86. The molecular formula is C27H29N3O3. The van der Waals surface area contributed by atoms with Crippen molar-refractivity contribution in [3.8, 4) is 0 Å². The third-order valence-corrected chi connectivity index (χ3v) is 6.65. The van der Waals surface area contributed by atoms with Crippen LogP contribution < -0.4 is 5.73 Å². The fourth-order valence-corrected chi connectivity index (χ4v) is 4.48. The molecule has 4 rings (SSSR count). The fraction of sp³-hybridized carbons (Fsp3) is 0.333. The molecule has 1 fully saturated rings. The Morgan fingerprint density at radius 2 is 1.70 bits per heavy atom. The molecule has 2 N–H and O–H groups in total. The van der Waals surface area contributed by atoms with Crippen molar-refractivity contribution in [2.45, 2.75) is 45.4 Å². The quantitative estimate of drug-likeness (QED) is 0.574. The van der Waals surface area contributed by atoms with Crippen LogP contribution in [0.25, 0.3) is 10.9 Å². The first-order valence-electron chi connectivity index (χ1n) is 11.4. The van der Waals surface area contributed by atoms with E-state index < -0.39 is 5.91 Å². The monoisotopic (exact) mass is 443 g/mol. The van der Waals surface area contributed by atoms with Crippen molar-refractivity contribution in [1.82, 2.24) is 9.88 Å². The van der Waals surface area contributed by atoms with Crippen LogP contribution in [0.15, 0.2) is 48.5 Å². The van der Waals surface area contributed by atoms with E-state index in [1.165, 1.54) is 0 Å². The molecular weight excluding hydrogens is 414 g/mol. The number of primary amides is 1. The van der Waals surface area contributed by atoms with Crippen LogP contribution in [0, 0.1) is 13.8 Å². The third kappa shape index (κ3) is 4.95. The number of amides is 2. The lowest BCUT2D eigenvalue weighted by atomic mass is 9.89. The Morgan fingerprint density at radius 3 is 2.39 bits per heavy atom. The van der Waals surface area contributed by atoms with Crippen LogP contribution >= 0.6 is 0 Å². The van der Waals surface area contributed by atoms with Crippen LogP contribution in [-0.2, 0) is 4.79 Å². The summed E-state index contributed by atoms with van der Waals surface area (Å²) in [5.41, 5.74) is 10.5. The number of benzene rings is 2. The molecule has 2 aromatic carbocycles. The van der Waals surface area contributed by atoms with E-state index in [4.69, 9.17) is 10.7 Å². The first-order chi connectivity index (χ1) is 15.8. The molecule has 1 aliphatic rings. The minimum atomic E-state index is -0.480. The number of nitrogens with zero attached hydrogens (tertiary/aromatic N) is 2. The van der Waals surface area contributed by atoms with Crippen molar-refractivity contribution >= 4 is 28.5 Å². The van der Waals surface area contributed by atoms with Gasteiger partial charge in [0.1, 0.15) is 0 Å². The number of carbonyl (C=O) groups is 3. The summed E-state index contributed by atoms with van der Waals surface area (Å²) in [6.45, 7) is 5.15. The number of aromatic nitrogens is 1. The summed E-state index contributed by atoms with van der Waals surface area (Å²) in [7, 11) is 0. The number of ketones is 1. The standard InChI is InChI=1S/C27H29N3O3/c1-17-7-8-21(15-18(17)2)24(31)9-10-25(32)30-13-11-19(12-14-30)26-22(27(28)33)16-20-5-3-4-6-23(20)29-26/h3-8,15-16,19H,9-14H2,1-2H3,(H2,28,33). The molecule has 1 aromatic heterocycles. The van der Waals surface area contributed by atoms with Crippen LogP contribution in [0.3, 0.4) is 0 Å². The van der Waals surface area contributed by atoms with Gasteiger partial charge in [-0.1, -0.05) is 30.3 Å². The Balaban J connectivity index is 1.38. The van der Waals surface area contributed by atoms with Crippen LogP contribution in [0.1, 0.15) is 69.1 Å². The number of hydrogen-bond acceptors (Lipinski definition) is 4. The zero-order chi connectivity index (χ0) is 23.5. The van der Waals surface area contributed by atoms with Crippen molar-refractivity contribution in [2.75, 3.05) is 13.1 Å². The Morgan fingerprint density at radius 1 is 0.970 bits per heavy atom. The molecule has 0 saturated carbocycles. The lowest BCUT2D eigenvalue weighted by Crippen LogP contribution is -2.38. The number of carbonyl (C=O) groups excluding carboxylic acids is 3. The summed E-state index contributed by atoms with van der Waals surface area (Å²) in [5.74, 6) is -0.426. The number of para-hydroxylation sites is 1. The van der Waals surface area contributed by atoms with Crippen LogP contribution in [0.5, 0.6) is 0 Å². The molecule has 0 spiro atoms. The largest absolute Gasteiger partial charge is 0.366 e. The highest BCUT2D eigenvalue weighted by Gasteiger charge is 2.28. The van der Waals surface area contributed by atoms with Gasteiger partial charge < -0.3 is 10.6 Å². The normalized spacial score (nSPS) is 14.4. The number of piperidine rings is 1. The predicted octanol–water partition coefficient (Wildman–Crippen LogP) is 4.32. The molecule has 2 heterocycles. The molecule has 0 unspecified atom stereocenters. The van der Waals surface area contributed by atoms with E-state index in [2.05, 4.69) is 0 Å². The molecule has 3 aromatic rings. The topological polar surface area (TPSA) is 93.4 Å². The van der Waals surface area contributed by atoms with Gasteiger partial charge in [0.15, 0.2) is 5.78 Å². The van der Waals surface area contributed by atoms with Crippen LogP contribution in [0.2, 0.25) is 0 Å². The van der Waals surface area contributed by atoms with E-state index in [0.717, 1.165) is 27.7 Å². The summed E-state index contributed by atoms with van der Waals surface area (Å²) in [5, 5.41) is 0.885. The zero-order valence-corrected chi connectivity index (χ0v) is 19.1. The summed E-state index contributed by atoms with van der Waals surface area (Å²) in [6.07, 6.45) is 1.83. The molecule has 2 amide bonds. The van der Waals surface area contributed by atoms with Gasteiger partial charge in [-0.2, -0.15) is 0 Å². The van der Waals surface area contributed by atoms with Gasteiger partial charge in [-0.25, -0.2) is 0 Å². The van der Waals surface area contributed by atoms with E-state index in [0.29, 0.717) is 37.1 Å². The van der Waals surface area contributed by atoms with Gasteiger partial charge in [0.25, 0.3) is 5.91 Å². The highest BCUT2D eigenvalue weighted by molar-refractivity contribution is 5.98. The average molecular weight is 444 g/mol. The van der Waals surface area contributed by atoms with Gasteiger partial charge in [-0.3, -0.25) is 19.4 Å². The summed E-state index contributed by atoms with van der Waals surface area (Å²) in [4.78, 5) is 43.9. The number of nitrogens with two attached hydrogens (primary N) is 1. The van der Waals surface area contributed by atoms with E-state index in [1.54, 1.807) is 0 Å². The van der Waals surface area contributed by atoms with Gasteiger partial charge in [-0.15, -0.1) is 0 Å². The smallest absolute Gasteiger partial charge is 0.250 e. The predicted molar refractivity (Wildman–Crippen MR) is 128 cm³/mol. The van der Waals surface area contributed by atoms with E-state index in [1.807, 2.05) is 67.3 Å². The summed E-state index contributed by atoms with van der Waals surface area (Å²) in [6, 6.07) is 15.1. The van der Waals surface area contributed by atoms with Crippen molar-refractivity contribution < 1.29 is 14.4 Å². The molecule has 0 atom stereocenters. The zero-order valence-electron chi connectivity index (χ0n) is 19.1. The molecule has 0 radical (unpaired) electrons. The number of hydrogen-bond donors (Lipinski definition) is 1. The van der Waals surface area contributed by atoms with E-state index >= 15 is 0 Å². The van der Waals surface area contributed by atoms with Gasteiger partial charge in [0, 0.05) is 42.8 Å². The summed E-state index contributed by atoms with van der Waals surface area (Å²) >= 11 is 0. The minimum absolute atomic E-state index is 0.00667. The maximum atomic E-state index is 12.7. The maximum absolute atomic E-state index is 12.7.